The Balaban J connectivity index is 2.45. The lowest BCUT2D eigenvalue weighted by Crippen LogP contribution is -2.33. The molecule has 0 aliphatic heterocycles. The van der Waals surface area contributed by atoms with Gasteiger partial charge in [0.1, 0.15) is 0 Å². The summed E-state index contributed by atoms with van der Waals surface area (Å²) in [6.45, 7) is 9.31. The van der Waals surface area contributed by atoms with E-state index in [1.165, 1.54) is 18.2 Å². The van der Waals surface area contributed by atoms with Gasteiger partial charge in [-0.3, -0.25) is 4.79 Å². The van der Waals surface area contributed by atoms with E-state index in [2.05, 4.69) is 24.1 Å². The lowest BCUT2D eigenvalue weighted by Gasteiger charge is -2.20. The molecule has 1 atom stereocenters. The quantitative estimate of drug-likeness (QED) is 0.643. The second-order valence-corrected chi connectivity index (χ2v) is 5.22. The lowest BCUT2D eigenvalue weighted by molar-refractivity contribution is 0.0934. The van der Waals surface area contributed by atoms with E-state index < -0.39 is 0 Å². The highest BCUT2D eigenvalue weighted by Gasteiger charge is 2.15. The number of nitrogens with one attached hydrogen (secondary N) is 1. The van der Waals surface area contributed by atoms with Crippen LogP contribution in [0.1, 0.15) is 44.0 Å². The summed E-state index contributed by atoms with van der Waals surface area (Å²) in [5.41, 5.74) is 0.102. The van der Waals surface area contributed by atoms with Gasteiger partial charge in [0.25, 0.3) is 5.91 Å². The van der Waals surface area contributed by atoms with E-state index in [1.807, 2.05) is 6.92 Å². The molecule has 0 fully saturated rings. The molecule has 0 aromatic heterocycles. The summed E-state index contributed by atoms with van der Waals surface area (Å²) in [6, 6.07) is 4.40. The fourth-order valence-electron chi connectivity index (χ4n) is 2.25. The van der Waals surface area contributed by atoms with E-state index in [1.54, 1.807) is 0 Å². The maximum Gasteiger partial charge on any atom is 0.255 e. The number of carbonyl (C=O) groups is 1. The van der Waals surface area contributed by atoms with Crippen LogP contribution in [0.4, 0.5) is 0 Å². The molecule has 1 aromatic rings. The first-order valence-electron chi connectivity index (χ1n) is 7.53. The molecule has 0 aliphatic rings. The molecule has 118 valence electrons. The Kier molecular flexibility index (Phi) is 7.02. The van der Waals surface area contributed by atoms with Crippen molar-refractivity contribution in [2.24, 2.45) is 0 Å². The number of amides is 1. The highest BCUT2D eigenvalue weighted by atomic mass is 16.3. The van der Waals surface area contributed by atoms with Crippen LogP contribution in [0.2, 0.25) is 0 Å². The van der Waals surface area contributed by atoms with Gasteiger partial charge in [-0.15, -0.1) is 0 Å². The summed E-state index contributed by atoms with van der Waals surface area (Å²) in [6.07, 6.45) is 1.89. The topological polar surface area (TPSA) is 72.8 Å². The summed E-state index contributed by atoms with van der Waals surface area (Å²) >= 11 is 0. The number of hydrogen-bond donors (Lipinski definition) is 3. The van der Waals surface area contributed by atoms with E-state index in [9.17, 15) is 15.0 Å². The molecule has 3 N–H and O–H groups in total. The number of benzene rings is 1. The number of carbonyl (C=O) groups excluding carboxylic acids is 1. The van der Waals surface area contributed by atoms with Gasteiger partial charge in [0.15, 0.2) is 11.5 Å². The average Bonchev–Trinajstić information content (AvgIpc) is 2.46. The first kappa shape index (κ1) is 17.3. The highest BCUT2D eigenvalue weighted by Crippen LogP contribution is 2.28. The molecule has 5 heteroatoms. The molecule has 1 aromatic carbocycles. The third-order valence-electron chi connectivity index (χ3n) is 3.64. The molecule has 0 bridgehead atoms. The maximum atomic E-state index is 12.0. The maximum absolute atomic E-state index is 12.0. The molecule has 0 spiro atoms. The number of phenolic OH excluding ortho intramolecular Hbond substituents is 2. The standard InChI is InChI=1S/C16H26N2O3/c1-4-18(5-2)11-7-8-12(3)17-16(21)13-9-6-10-14(19)15(13)20/h6,9-10,12,19-20H,4-5,7-8,11H2,1-3H3,(H,17,21). The Hall–Kier alpha value is -1.75. The molecule has 1 amide bonds. The molecular weight excluding hydrogens is 268 g/mol. The van der Waals surface area contributed by atoms with Crippen molar-refractivity contribution in [2.45, 2.75) is 39.7 Å². The Morgan fingerprint density at radius 3 is 2.57 bits per heavy atom. The van der Waals surface area contributed by atoms with Gasteiger partial charge in [0.05, 0.1) is 5.56 Å². The SMILES string of the molecule is CCN(CC)CCCC(C)NC(=O)c1cccc(O)c1O. The van der Waals surface area contributed by atoms with Gasteiger partial charge in [0.2, 0.25) is 0 Å². The Labute approximate surface area is 126 Å². The van der Waals surface area contributed by atoms with Gasteiger partial charge in [0, 0.05) is 6.04 Å². The predicted octanol–water partition coefficient (Wildman–Crippen LogP) is 2.34. The summed E-state index contributed by atoms with van der Waals surface area (Å²) in [5.74, 6) is -1.01. The van der Waals surface area contributed by atoms with Crippen LogP contribution in [0.15, 0.2) is 18.2 Å². The number of hydrogen-bond acceptors (Lipinski definition) is 4. The molecule has 0 saturated carbocycles. The molecule has 0 heterocycles. The summed E-state index contributed by atoms with van der Waals surface area (Å²) in [7, 11) is 0. The largest absolute Gasteiger partial charge is 0.504 e. The summed E-state index contributed by atoms with van der Waals surface area (Å²) in [5, 5.41) is 21.9. The minimum absolute atomic E-state index is 0.0230. The zero-order valence-electron chi connectivity index (χ0n) is 13.1. The highest BCUT2D eigenvalue weighted by molar-refractivity contribution is 5.97. The monoisotopic (exact) mass is 294 g/mol. The number of nitrogens with zero attached hydrogens (tertiary/aromatic N) is 1. The normalized spacial score (nSPS) is 12.4. The van der Waals surface area contributed by atoms with Crippen LogP contribution >= 0.6 is 0 Å². The van der Waals surface area contributed by atoms with Crippen molar-refractivity contribution in [1.29, 1.82) is 0 Å². The van der Waals surface area contributed by atoms with Crippen molar-refractivity contribution in [3.8, 4) is 11.5 Å². The van der Waals surface area contributed by atoms with Crippen LogP contribution in [0, 0.1) is 0 Å². The molecule has 0 aliphatic carbocycles. The Morgan fingerprint density at radius 1 is 1.29 bits per heavy atom. The Morgan fingerprint density at radius 2 is 1.95 bits per heavy atom. The molecule has 1 rings (SSSR count). The van der Waals surface area contributed by atoms with Crippen molar-refractivity contribution < 1.29 is 15.0 Å². The van der Waals surface area contributed by atoms with Gasteiger partial charge in [-0.05, 0) is 51.5 Å². The first-order chi connectivity index (χ1) is 9.99. The third kappa shape index (κ3) is 5.27. The van der Waals surface area contributed by atoms with E-state index in [4.69, 9.17) is 0 Å². The number of rotatable bonds is 8. The average molecular weight is 294 g/mol. The second kappa shape index (κ2) is 8.52. The van der Waals surface area contributed by atoms with E-state index in [0.717, 1.165) is 32.5 Å². The van der Waals surface area contributed by atoms with Crippen LogP contribution in [-0.4, -0.2) is 46.7 Å². The molecular formula is C16H26N2O3. The van der Waals surface area contributed by atoms with E-state index in [-0.39, 0.29) is 29.0 Å². The van der Waals surface area contributed by atoms with Gasteiger partial charge in [-0.1, -0.05) is 19.9 Å². The van der Waals surface area contributed by atoms with E-state index in [0.29, 0.717) is 0 Å². The van der Waals surface area contributed by atoms with Gasteiger partial charge < -0.3 is 20.4 Å². The van der Waals surface area contributed by atoms with Crippen LogP contribution < -0.4 is 5.32 Å². The second-order valence-electron chi connectivity index (χ2n) is 5.22. The number of aromatic hydroxyl groups is 2. The van der Waals surface area contributed by atoms with Gasteiger partial charge in [-0.25, -0.2) is 0 Å². The van der Waals surface area contributed by atoms with Crippen LogP contribution in [0.5, 0.6) is 11.5 Å². The zero-order valence-corrected chi connectivity index (χ0v) is 13.1. The van der Waals surface area contributed by atoms with Crippen molar-refractivity contribution in [2.75, 3.05) is 19.6 Å². The van der Waals surface area contributed by atoms with Crippen molar-refractivity contribution in [3.05, 3.63) is 23.8 Å². The molecule has 5 nitrogen and oxygen atoms in total. The molecule has 0 saturated heterocycles. The zero-order chi connectivity index (χ0) is 15.8. The number of phenols is 2. The lowest BCUT2D eigenvalue weighted by atomic mass is 10.1. The molecule has 0 radical (unpaired) electrons. The smallest absolute Gasteiger partial charge is 0.255 e. The summed E-state index contributed by atoms with van der Waals surface area (Å²) < 4.78 is 0. The fraction of sp³-hybridized carbons (Fsp3) is 0.562. The van der Waals surface area contributed by atoms with Crippen molar-refractivity contribution >= 4 is 5.91 Å². The Bertz CT molecular complexity index is 459. The van der Waals surface area contributed by atoms with Gasteiger partial charge in [-0.2, -0.15) is 0 Å². The van der Waals surface area contributed by atoms with Crippen molar-refractivity contribution in [1.82, 2.24) is 10.2 Å². The van der Waals surface area contributed by atoms with Crippen molar-refractivity contribution in [3.63, 3.8) is 0 Å². The minimum Gasteiger partial charge on any atom is -0.504 e. The minimum atomic E-state index is -0.370. The van der Waals surface area contributed by atoms with Crippen LogP contribution in [0.25, 0.3) is 0 Å². The fourth-order valence-corrected chi connectivity index (χ4v) is 2.25. The first-order valence-corrected chi connectivity index (χ1v) is 7.53. The molecule has 21 heavy (non-hydrogen) atoms. The molecule has 1 unspecified atom stereocenters. The van der Waals surface area contributed by atoms with Crippen LogP contribution in [0.3, 0.4) is 0 Å². The number of para-hydroxylation sites is 1. The van der Waals surface area contributed by atoms with E-state index >= 15 is 0 Å². The van der Waals surface area contributed by atoms with Gasteiger partial charge >= 0.3 is 0 Å². The predicted molar refractivity (Wildman–Crippen MR) is 83.7 cm³/mol. The summed E-state index contributed by atoms with van der Waals surface area (Å²) in [4.78, 5) is 14.4. The van der Waals surface area contributed by atoms with Crippen LogP contribution in [-0.2, 0) is 0 Å². The third-order valence-corrected chi connectivity index (χ3v) is 3.64.